The molecule has 5 rings (SSSR count). The summed E-state index contributed by atoms with van der Waals surface area (Å²) in [4.78, 5) is 29.1. The lowest BCUT2D eigenvalue weighted by atomic mass is 9.78. The third-order valence-electron chi connectivity index (χ3n) is 7.01. The number of piperazine rings is 1. The van der Waals surface area contributed by atoms with Gasteiger partial charge in [0.15, 0.2) is 11.5 Å². The molecule has 2 bridgehead atoms. The lowest BCUT2D eigenvalue weighted by Gasteiger charge is -2.38. The highest BCUT2D eigenvalue weighted by atomic mass is 16.7. The molecule has 2 aliphatic heterocycles. The highest BCUT2D eigenvalue weighted by Gasteiger charge is 2.54. The van der Waals surface area contributed by atoms with Crippen LogP contribution in [-0.4, -0.2) is 59.8 Å². The van der Waals surface area contributed by atoms with Crippen LogP contribution in [-0.2, 0) is 16.1 Å². The molecule has 7 heteroatoms. The van der Waals surface area contributed by atoms with E-state index < -0.39 is 11.9 Å². The summed E-state index contributed by atoms with van der Waals surface area (Å²) in [5.41, 5.74) is 1.17. The SMILES string of the molecule is O=C(O)[C@H]1[C@H]2CC[C@@H](C2)[C@@H]1C(=O)N1CCN(Cc2ccc3c(c2)OCO3)CC1. The van der Waals surface area contributed by atoms with E-state index in [2.05, 4.69) is 11.0 Å². The summed E-state index contributed by atoms with van der Waals surface area (Å²) in [5, 5.41) is 9.63. The minimum atomic E-state index is -0.785. The summed E-state index contributed by atoms with van der Waals surface area (Å²) in [6, 6.07) is 6.02. The number of aliphatic carboxylic acids is 1. The van der Waals surface area contributed by atoms with E-state index in [1.54, 1.807) is 0 Å². The van der Waals surface area contributed by atoms with Gasteiger partial charge in [0.2, 0.25) is 12.7 Å². The Morgan fingerprint density at radius 1 is 1.00 bits per heavy atom. The van der Waals surface area contributed by atoms with Crippen molar-refractivity contribution in [1.29, 1.82) is 0 Å². The molecule has 1 amide bonds. The van der Waals surface area contributed by atoms with Gasteiger partial charge >= 0.3 is 5.97 Å². The Bertz CT molecular complexity index is 789. The van der Waals surface area contributed by atoms with Crippen molar-refractivity contribution >= 4 is 11.9 Å². The number of benzene rings is 1. The maximum Gasteiger partial charge on any atom is 0.307 e. The zero-order valence-electron chi connectivity index (χ0n) is 15.9. The van der Waals surface area contributed by atoms with E-state index in [9.17, 15) is 14.7 Å². The summed E-state index contributed by atoms with van der Waals surface area (Å²) in [5.74, 6) is 0.554. The van der Waals surface area contributed by atoms with Gasteiger partial charge in [-0.15, -0.1) is 0 Å². The number of carboxylic acid groups (broad SMARTS) is 1. The van der Waals surface area contributed by atoms with Crippen molar-refractivity contribution in [2.75, 3.05) is 33.0 Å². The first kappa shape index (κ1) is 17.8. The number of carboxylic acids is 1. The molecule has 150 valence electrons. The van der Waals surface area contributed by atoms with Crippen molar-refractivity contribution in [2.24, 2.45) is 23.7 Å². The third kappa shape index (κ3) is 3.02. The van der Waals surface area contributed by atoms with Crippen molar-refractivity contribution in [3.8, 4) is 11.5 Å². The highest BCUT2D eigenvalue weighted by molar-refractivity contribution is 5.86. The van der Waals surface area contributed by atoms with Crippen LogP contribution in [0.1, 0.15) is 24.8 Å². The van der Waals surface area contributed by atoms with Crippen molar-refractivity contribution < 1.29 is 24.2 Å². The molecular weight excluding hydrogens is 360 g/mol. The Morgan fingerprint density at radius 3 is 2.46 bits per heavy atom. The fourth-order valence-electron chi connectivity index (χ4n) is 5.64. The van der Waals surface area contributed by atoms with Crippen LogP contribution in [0.5, 0.6) is 11.5 Å². The number of rotatable bonds is 4. The van der Waals surface area contributed by atoms with Crippen LogP contribution in [0.3, 0.4) is 0 Å². The molecule has 7 nitrogen and oxygen atoms in total. The van der Waals surface area contributed by atoms with Crippen molar-refractivity contribution in [3.05, 3.63) is 23.8 Å². The smallest absolute Gasteiger partial charge is 0.307 e. The molecule has 2 aliphatic carbocycles. The lowest BCUT2D eigenvalue weighted by molar-refractivity contribution is -0.153. The molecule has 1 saturated heterocycles. The maximum atomic E-state index is 13.1. The van der Waals surface area contributed by atoms with Crippen molar-refractivity contribution in [1.82, 2.24) is 9.80 Å². The number of carbonyl (C=O) groups is 2. The van der Waals surface area contributed by atoms with E-state index in [0.717, 1.165) is 50.4 Å². The molecule has 1 N–H and O–H groups in total. The van der Waals surface area contributed by atoms with Gasteiger partial charge in [0.05, 0.1) is 11.8 Å². The lowest BCUT2D eigenvalue weighted by Crippen LogP contribution is -2.52. The standard InChI is InChI=1S/C21H26N2O5/c24-20(18-14-2-3-15(10-14)19(18)21(25)26)23-7-5-22(6-8-23)11-13-1-4-16-17(9-13)28-12-27-16/h1,4,9,14-15,18-19H,2-3,5-8,10-12H2,(H,25,26)/t14-,15-,18-,19-/m0/s1. The average Bonchev–Trinajstić information content (AvgIpc) is 3.43. The van der Waals surface area contributed by atoms with Gasteiger partial charge in [-0.3, -0.25) is 14.5 Å². The number of carbonyl (C=O) groups excluding carboxylic acids is 1. The van der Waals surface area contributed by atoms with E-state index in [4.69, 9.17) is 9.47 Å². The Balaban J connectivity index is 1.19. The number of ether oxygens (including phenoxy) is 2. The van der Waals surface area contributed by atoms with Crippen LogP contribution < -0.4 is 9.47 Å². The number of hydrogen-bond acceptors (Lipinski definition) is 5. The fraction of sp³-hybridized carbons (Fsp3) is 0.619. The summed E-state index contributed by atoms with van der Waals surface area (Å²) in [6.07, 6.45) is 2.89. The van der Waals surface area contributed by atoms with Gasteiger partial charge < -0.3 is 19.5 Å². The van der Waals surface area contributed by atoms with E-state index in [1.807, 2.05) is 17.0 Å². The van der Waals surface area contributed by atoms with Gasteiger partial charge in [-0.25, -0.2) is 0 Å². The summed E-state index contributed by atoms with van der Waals surface area (Å²) in [7, 11) is 0. The first-order valence-corrected chi connectivity index (χ1v) is 10.2. The molecular formula is C21H26N2O5. The molecule has 0 unspecified atom stereocenters. The van der Waals surface area contributed by atoms with Gasteiger partial charge in [-0.05, 0) is 48.8 Å². The van der Waals surface area contributed by atoms with Crippen LogP contribution >= 0.6 is 0 Å². The average molecular weight is 386 g/mol. The normalized spacial score (nSPS) is 31.4. The number of amides is 1. The third-order valence-corrected chi connectivity index (χ3v) is 7.01. The molecule has 3 fully saturated rings. The molecule has 0 radical (unpaired) electrons. The monoisotopic (exact) mass is 386 g/mol. The van der Waals surface area contributed by atoms with Crippen molar-refractivity contribution in [2.45, 2.75) is 25.8 Å². The zero-order chi connectivity index (χ0) is 19.3. The molecule has 1 aromatic rings. The van der Waals surface area contributed by atoms with Gasteiger partial charge in [-0.2, -0.15) is 0 Å². The molecule has 0 spiro atoms. The Morgan fingerprint density at radius 2 is 1.71 bits per heavy atom. The molecule has 4 atom stereocenters. The Labute approximate surface area is 164 Å². The fourth-order valence-corrected chi connectivity index (χ4v) is 5.64. The first-order chi connectivity index (χ1) is 13.6. The van der Waals surface area contributed by atoms with Crippen LogP contribution in [0.15, 0.2) is 18.2 Å². The largest absolute Gasteiger partial charge is 0.481 e. The maximum absolute atomic E-state index is 13.1. The highest BCUT2D eigenvalue weighted by Crippen LogP contribution is 2.53. The van der Waals surface area contributed by atoms with E-state index >= 15 is 0 Å². The second-order valence-electron chi connectivity index (χ2n) is 8.51. The van der Waals surface area contributed by atoms with Crippen LogP contribution in [0.2, 0.25) is 0 Å². The summed E-state index contributed by atoms with van der Waals surface area (Å²) in [6.45, 7) is 4.04. The van der Waals surface area contributed by atoms with Gasteiger partial charge in [0.1, 0.15) is 0 Å². The second-order valence-corrected chi connectivity index (χ2v) is 8.51. The molecule has 1 aromatic carbocycles. The van der Waals surface area contributed by atoms with Gasteiger partial charge in [0.25, 0.3) is 0 Å². The number of fused-ring (bicyclic) bond motifs is 3. The van der Waals surface area contributed by atoms with Gasteiger partial charge in [0, 0.05) is 32.7 Å². The van der Waals surface area contributed by atoms with Crippen LogP contribution in [0.4, 0.5) is 0 Å². The predicted molar refractivity (Wildman–Crippen MR) is 99.9 cm³/mol. The first-order valence-electron chi connectivity index (χ1n) is 10.2. The predicted octanol–water partition coefficient (Wildman–Crippen LogP) is 1.81. The minimum absolute atomic E-state index is 0.0716. The number of nitrogens with zero attached hydrogens (tertiary/aromatic N) is 2. The molecule has 28 heavy (non-hydrogen) atoms. The van der Waals surface area contributed by atoms with Crippen molar-refractivity contribution in [3.63, 3.8) is 0 Å². The Kier molecular flexibility index (Phi) is 4.42. The molecule has 2 heterocycles. The van der Waals surface area contributed by atoms with Gasteiger partial charge in [-0.1, -0.05) is 6.07 Å². The van der Waals surface area contributed by atoms with E-state index in [0.29, 0.717) is 13.1 Å². The minimum Gasteiger partial charge on any atom is -0.481 e. The van der Waals surface area contributed by atoms with Crippen LogP contribution in [0, 0.1) is 23.7 Å². The molecule has 0 aromatic heterocycles. The van der Waals surface area contributed by atoms with Crippen LogP contribution in [0.25, 0.3) is 0 Å². The Hall–Kier alpha value is -2.28. The second kappa shape index (κ2) is 6.95. The molecule has 4 aliphatic rings. The quantitative estimate of drug-likeness (QED) is 0.850. The molecule has 2 saturated carbocycles. The topological polar surface area (TPSA) is 79.3 Å². The van der Waals surface area contributed by atoms with E-state index in [-0.39, 0.29) is 30.5 Å². The summed E-state index contributed by atoms with van der Waals surface area (Å²) >= 11 is 0. The summed E-state index contributed by atoms with van der Waals surface area (Å²) < 4.78 is 10.8. The number of hydrogen-bond donors (Lipinski definition) is 1. The van der Waals surface area contributed by atoms with E-state index in [1.165, 1.54) is 5.56 Å². The zero-order valence-corrected chi connectivity index (χ0v) is 15.9.